The fourth-order valence-corrected chi connectivity index (χ4v) is 2.14. The molecule has 6 heteroatoms. The number of rotatable bonds is 3. The maximum absolute atomic E-state index is 11.9. The van der Waals surface area contributed by atoms with Crippen LogP contribution in [0.25, 0.3) is 0 Å². The number of ether oxygens (including phenoxy) is 1. The number of unbranched alkanes of at least 4 members (excludes halogenated alkanes) is 1. The van der Waals surface area contributed by atoms with E-state index in [0.717, 1.165) is 24.1 Å². The van der Waals surface area contributed by atoms with E-state index < -0.39 is 0 Å². The van der Waals surface area contributed by atoms with Gasteiger partial charge in [0, 0.05) is 18.7 Å². The quantitative estimate of drug-likeness (QED) is 0.848. The standard InChI is InChI=1S/C14H17N3O3/c1-2-3-6-20-14(19)17-5-4-12-11(9-17)7-10(8-15)13(18)16-12/h7H,2-6,9H2,1H3,(H,16,18). The highest BCUT2D eigenvalue weighted by Crippen LogP contribution is 2.17. The number of nitriles is 1. The third-order valence-electron chi connectivity index (χ3n) is 3.31. The lowest BCUT2D eigenvalue weighted by atomic mass is 10.0. The molecule has 1 amide bonds. The zero-order valence-corrected chi connectivity index (χ0v) is 11.4. The number of carbonyl (C=O) groups excluding carboxylic acids is 1. The van der Waals surface area contributed by atoms with E-state index in [1.165, 1.54) is 0 Å². The number of nitrogens with zero attached hydrogens (tertiary/aromatic N) is 2. The smallest absolute Gasteiger partial charge is 0.410 e. The van der Waals surface area contributed by atoms with Gasteiger partial charge in [-0.25, -0.2) is 4.79 Å². The van der Waals surface area contributed by atoms with Gasteiger partial charge in [0.25, 0.3) is 5.56 Å². The van der Waals surface area contributed by atoms with Crippen molar-refractivity contribution >= 4 is 6.09 Å². The highest BCUT2D eigenvalue weighted by molar-refractivity contribution is 5.68. The lowest BCUT2D eigenvalue weighted by Crippen LogP contribution is -2.37. The molecule has 0 spiro atoms. The molecule has 1 aromatic rings. The molecule has 1 N–H and O–H groups in total. The van der Waals surface area contributed by atoms with Crippen molar-refractivity contribution in [3.63, 3.8) is 0 Å². The second-order valence-electron chi connectivity index (χ2n) is 4.77. The predicted octanol–water partition coefficient (Wildman–Crippen LogP) is 1.54. The first-order valence-electron chi connectivity index (χ1n) is 6.72. The fourth-order valence-electron chi connectivity index (χ4n) is 2.14. The van der Waals surface area contributed by atoms with E-state index in [2.05, 4.69) is 4.98 Å². The molecule has 1 aromatic heterocycles. The lowest BCUT2D eigenvalue weighted by molar-refractivity contribution is 0.0963. The van der Waals surface area contributed by atoms with E-state index in [1.807, 2.05) is 13.0 Å². The first-order chi connectivity index (χ1) is 9.65. The Morgan fingerprint density at radius 3 is 3.10 bits per heavy atom. The molecule has 6 nitrogen and oxygen atoms in total. The van der Waals surface area contributed by atoms with Crippen molar-refractivity contribution in [3.05, 3.63) is 33.2 Å². The molecular weight excluding hydrogens is 258 g/mol. The Kier molecular flexibility index (Phi) is 4.41. The van der Waals surface area contributed by atoms with Crippen LogP contribution in [0.15, 0.2) is 10.9 Å². The molecule has 2 heterocycles. The molecule has 20 heavy (non-hydrogen) atoms. The van der Waals surface area contributed by atoms with Gasteiger partial charge in [-0.05, 0) is 18.1 Å². The van der Waals surface area contributed by atoms with Gasteiger partial charge in [-0.3, -0.25) is 4.79 Å². The van der Waals surface area contributed by atoms with Crippen molar-refractivity contribution in [1.29, 1.82) is 5.26 Å². The Hall–Kier alpha value is -2.29. The second-order valence-corrected chi connectivity index (χ2v) is 4.77. The van der Waals surface area contributed by atoms with Crippen molar-refractivity contribution in [3.8, 4) is 6.07 Å². The highest BCUT2D eigenvalue weighted by Gasteiger charge is 2.23. The van der Waals surface area contributed by atoms with E-state index in [-0.39, 0.29) is 17.2 Å². The van der Waals surface area contributed by atoms with Gasteiger partial charge >= 0.3 is 6.09 Å². The molecule has 0 saturated carbocycles. The summed E-state index contributed by atoms with van der Waals surface area (Å²) in [5.41, 5.74) is 1.31. The number of H-pyrrole nitrogens is 1. The van der Waals surface area contributed by atoms with Gasteiger partial charge in [0.15, 0.2) is 0 Å². The SMILES string of the molecule is CCCCOC(=O)N1CCc2[nH]c(=O)c(C#N)cc2C1. The van der Waals surface area contributed by atoms with E-state index in [9.17, 15) is 9.59 Å². The number of hydrogen-bond donors (Lipinski definition) is 1. The van der Waals surface area contributed by atoms with Crippen molar-refractivity contribution in [2.24, 2.45) is 0 Å². The van der Waals surface area contributed by atoms with Gasteiger partial charge < -0.3 is 14.6 Å². The minimum atomic E-state index is -0.370. The fraction of sp³-hybridized carbons (Fsp3) is 0.500. The van der Waals surface area contributed by atoms with Crippen LogP contribution in [-0.4, -0.2) is 29.1 Å². The number of carbonyl (C=O) groups is 1. The van der Waals surface area contributed by atoms with Gasteiger partial charge in [0.05, 0.1) is 13.2 Å². The predicted molar refractivity (Wildman–Crippen MR) is 72.1 cm³/mol. The molecule has 1 aliphatic rings. The lowest BCUT2D eigenvalue weighted by Gasteiger charge is -2.27. The van der Waals surface area contributed by atoms with Gasteiger partial charge in [0.2, 0.25) is 0 Å². The number of amides is 1. The molecule has 0 saturated heterocycles. The summed E-state index contributed by atoms with van der Waals surface area (Å²) < 4.78 is 5.17. The topological polar surface area (TPSA) is 86.2 Å². The highest BCUT2D eigenvalue weighted by atomic mass is 16.6. The summed E-state index contributed by atoms with van der Waals surface area (Å²) in [6.45, 7) is 3.34. The number of pyridine rings is 1. The number of aromatic nitrogens is 1. The zero-order chi connectivity index (χ0) is 14.5. The van der Waals surface area contributed by atoms with Crippen LogP contribution in [0.1, 0.15) is 36.6 Å². The van der Waals surface area contributed by atoms with E-state index in [0.29, 0.717) is 26.1 Å². The van der Waals surface area contributed by atoms with E-state index >= 15 is 0 Å². The van der Waals surface area contributed by atoms with Crippen LogP contribution in [-0.2, 0) is 17.7 Å². The van der Waals surface area contributed by atoms with E-state index in [1.54, 1.807) is 11.0 Å². The molecule has 0 bridgehead atoms. The largest absolute Gasteiger partial charge is 0.449 e. The molecule has 0 aromatic carbocycles. The maximum Gasteiger partial charge on any atom is 0.410 e. The minimum Gasteiger partial charge on any atom is -0.449 e. The molecule has 0 atom stereocenters. The van der Waals surface area contributed by atoms with Gasteiger partial charge in [-0.2, -0.15) is 5.26 Å². The number of aromatic amines is 1. The number of fused-ring (bicyclic) bond motifs is 1. The number of nitrogens with one attached hydrogen (secondary N) is 1. The van der Waals surface area contributed by atoms with Crippen molar-refractivity contribution < 1.29 is 9.53 Å². The van der Waals surface area contributed by atoms with Crippen LogP contribution in [0.4, 0.5) is 4.79 Å². The Morgan fingerprint density at radius 2 is 2.40 bits per heavy atom. The molecule has 0 unspecified atom stereocenters. The Balaban J connectivity index is 2.09. The monoisotopic (exact) mass is 275 g/mol. The van der Waals surface area contributed by atoms with Crippen LogP contribution in [0.3, 0.4) is 0 Å². The Morgan fingerprint density at radius 1 is 1.60 bits per heavy atom. The Bertz CT molecular complexity index is 601. The van der Waals surface area contributed by atoms with Crippen molar-refractivity contribution in [1.82, 2.24) is 9.88 Å². The average Bonchev–Trinajstić information content (AvgIpc) is 2.46. The maximum atomic E-state index is 11.9. The molecule has 0 aliphatic carbocycles. The minimum absolute atomic E-state index is 0.0740. The summed E-state index contributed by atoms with van der Waals surface area (Å²) in [4.78, 5) is 27.7. The summed E-state index contributed by atoms with van der Waals surface area (Å²) in [6.07, 6.45) is 2.05. The molecular formula is C14H17N3O3. The van der Waals surface area contributed by atoms with Gasteiger partial charge in [0.1, 0.15) is 11.6 Å². The number of hydrogen-bond acceptors (Lipinski definition) is 4. The average molecular weight is 275 g/mol. The second kappa shape index (κ2) is 6.24. The summed E-state index contributed by atoms with van der Waals surface area (Å²) in [7, 11) is 0. The summed E-state index contributed by atoms with van der Waals surface area (Å²) in [6, 6.07) is 3.41. The molecule has 106 valence electrons. The van der Waals surface area contributed by atoms with Gasteiger partial charge in [-0.15, -0.1) is 0 Å². The van der Waals surface area contributed by atoms with Crippen LogP contribution in [0, 0.1) is 11.3 Å². The van der Waals surface area contributed by atoms with Crippen LogP contribution in [0.5, 0.6) is 0 Å². The van der Waals surface area contributed by atoms with Crippen LogP contribution in [0.2, 0.25) is 0 Å². The van der Waals surface area contributed by atoms with Crippen LogP contribution >= 0.6 is 0 Å². The first kappa shape index (κ1) is 14.1. The summed E-state index contributed by atoms with van der Waals surface area (Å²) >= 11 is 0. The summed E-state index contributed by atoms with van der Waals surface area (Å²) in [5.74, 6) is 0. The van der Waals surface area contributed by atoms with Gasteiger partial charge in [-0.1, -0.05) is 13.3 Å². The van der Waals surface area contributed by atoms with E-state index in [4.69, 9.17) is 10.00 Å². The van der Waals surface area contributed by atoms with Crippen molar-refractivity contribution in [2.45, 2.75) is 32.7 Å². The summed E-state index contributed by atoms with van der Waals surface area (Å²) in [5, 5.41) is 8.86. The van der Waals surface area contributed by atoms with Crippen molar-refractivity contribution in [2.75, 3.05) is 13.2 Å². The normalized spacial score (nSPS) is 13.5. The van der Waals surface area contributed by atoms with Crippen LogP contribution < -0.4 is 5.56 Å². The third kappa shape index (κ3) is 2.99. The molecule has 0 fully saturated rings. The molecule has 2 rings (SSSR count). The molecule has 1 aliphatic heterocycles. The Labute approximate surface area is 117 Å². The zero-order valence-electron chi connectivity index (χ0n) is 11.4. The third-order valence-corrected chi connectivity index (χ3v) is 3.31. The first-order valence-corrected chi connectivity index (χ1v) is 6.72. The molecule has 0 radical (unpaired) electrons.